The average molecular weight is 323 g/mol. The molecule has 1 N–H and O–H groups in total. The number of hydrogen-bond donors (Lipinski definition) is 1. The maximum absolute atomic E-state index is 12.0. The summed E-state index contributed by atoms with van der Waals surface area (Å²) in [6.07, 6.45) is 4.00. The fraction of sp³-hybridized carbons (Fsp3) is 0.263. The van der Waals surface area contributed by atoms with Crippen molar-refractivity contribution in [3.8, 4) is 11.8 Å². The topological polar surface area (TPSA) is 56.1 Å². The van der Waals surface area contributed by atoms with Crippen LogP contribution in [-0.2, 0) is 4.79 Å². The summed E-state index contributed by atoms with van der Waals surface area (Å²) in [4.78, 5) is 13.4. The molecule has 0 spiro atoms. The second-order valence-corrected chi connectivity index (χ2v) is 5.58. The molecule has 2 rings (SSSR count). The molecule has 0 aromatic heterocycles. The summed E-state index contributed by atoms with van der Waals surface area (Å²) in [7, 11) is 1.66. The molecule has 1 aromatic rings. The van der Waals surface area contributed by atoms with E-state index in [2.05, 4.69) is 30.2 Å². The van der Waals surface area contributed by atoms with Crippen LogP contribution in [0.15, 0.2) is 53.8 Å². The van der Waals surface area contributed by atoms with Gasteiger partial charge in [0.2, 0.25) is 5.60 Å². The van der Waals surface area contributed by atoms with Crippen LogP contribution in [0.4, 0.5) is 5.69 Å². The van der Waals surface area contributed by atoms with Crippen molar-refractivity contribution in [2.24, 2.45) is 5.10 Å². The number of carbonyl (C=O) groups excluding carboxylic acids is 1. The van der Waals surface area contributed by atoms with E-state index in [-0.39, 0.29) is 5.91 Å². The number of amides is 1. The van der Waals surface area contributed by atoms with Gasteiger partial charge in [0.25, 0.3) is 5.91 Å². The zero-order chi connectivity index (χ0) is 17.7. The summed E-state index contributed by atoms with van der Waals surface area (Å²) in [5, 5.41) is 15.9. The summed E-state index contributed by atoms with van der Waals surface area (Å²) >= 11 is 0. The number of rotatable bonds is 4. The van der Waals surface area contributed by atoms with Crippen molar-refractivity contribution < 1.29 is 9.90 Å². The second kappa shape index (κ2) is 7.16. The SMILES string of the molecule is C=NN(C(=C)/C=C\C)c1cccc(C#C[C@]2(O)CCN(C)C2=O)c1. The van der Waals surface area contributed by atoms with Crippen LogP contribution in [0.25, 0.3) is 0 Å². The minimum atomic E-state index is -1.60. The lowest BCUT2D eigenvalue weighted by atomic mass is 10.0. The number of likely N-dealkylation sites (N-methyl/N-ethyl adjacent to an activating group) is 1. The van der Waals surface area contributed by atoms with Gasteiger partial charge in [-0.05, 0) is 31.2 Å². The average Bonchev–Trinajstić information content (AvgIpc) is 2.83. The molecule has 5 nitrogen and oxygen atoms in total. The summed E-state index contributed by atoms with van der Waals surface area (Å²) < 4.78 is 0. The molecule has 1 aromatic carbocycles. The Bertz CT molecular complexity index is 757. The maximum Gasteiger partial charge on any atom is 0.267 e. The first-order valence-electron chi connectivity index (χ1n) is 7.61. The van der Waals surface area contributed by atoms with Crippen LogP contribution in [0.3, 0.4) is 0 Å². The predicted molar refractivity (Wildman–Crippen MR) is 96.5 cm³/mol. The van der Waals surface area contributed by atoms with Gasteiger partial charge < -0.3 is 10.0 Å². The largest absolute Gasteiger partial charge is 0.369 e. The van der Waals surface area contributed by atoms with Gasteiger partial charge in [0.1, 0.15) is 0 Å². The fourth-order valence-corrected chi connectivity index (χ4v) is 2.46. The van der Waals surface area contributed by atoms with Gasteiger partial charge in [0.15, 0.2) is 0 Å². The minimum Gasteiger partial charge on any atom is -0.369 e. The summed E-state index contributed by atoms with van der Waals surface area (Å²) in [5.41, 5.74) is 0.492. The number of allylic oxidation sites excluding steroid dienone is 2. The van der Waals surface area contributed by atoms with E-state index in [1.807, 2.05) is 43.3 Å². The highest BCUT2D eigenvalue weighted by atomic mass is 16.3. The van der Waals surface area contributed by atoms with Crippen LogP contribution in [0.2, 0.25) is 0 Å². The number of benzene rings is 1. The third-order valence-electron chi connectivity index (χ3n) is 3.79. The molecule has 5 heteroatoms. The Morgan fingerprint density at radius 1 is 1.54 bits per heavy atom. The standard InChI is InChI=1S/C19H21N3O2/c1-5-7-15(2)22(20-3)17-9-6-8-16(14-17)10-11-19(24)12-13-21(4)18(19)23/h5-9,14,24H,2-3,12-13H2,1,4H3/b7-5-/t19-/m0/s1. The third-order valence-corrected chi connectivity index (χ3v) is 3.79. The van der Waals surface area contributed by atoms with Crippen molar-refractivity contribution in [3.05, 3.63) is 54.3 Å². The third kappa shape index (κ3) is 3.55. The molecule has 1 saturated heterocycles. The highest BCUT2D eigenvalue weighted by Gasteiger charge is 2.42. The number of nitrogens with zero attached hydrogens (tertiary/aromatic N) is 3. The van der Waals surface area contributed by atoms with E-state index < -0.39 is 5.60 Å². The maximum atomic E-state index is 12.0. The molecule has 1 atom stereocenters. The van der Waals surface area contributed by atoms with E-state index in [1.54, 1.807) is 12.1 Å². The van der Waals surface area contributed by atoms with Gasteiger partial charge in [-0.15, -0.1) is 0 Å². The van der Waals surface area contributed by atoms with Crippen LogP contribution in [0.1, 0.15) is 18.9 Å². The van der Waals surface area contributed by atoms with Gasteiger partial charge in [-0.3, -0.25) is 4.79 Å². The molecule has 0 bridgehead atoms. The summed E-state index contributed by atoms with van der Waals surface area (Å²) in [5.74, 6) is 5.23. The molecule has 0 radical (unpaired) electrons. The lowest BCUT2D eigenvalue weighted by Crippen LogP contribution is -2.37. The first-order chi connectivity index (χ1) is 11.4. The van der Waals surface area contributed by atoms with Crippen LogP contribution in [-0.4, -0.2) is 41.8 Å². The highest BCUT2D eigenvalue weighted by Crippen LogP contribution is 2.23. The van der Waals surface area contributed by atoms with Crippen LogP contribution in [0, 0.1) is 11.8 Å². The number of hydrogen-bond acceptors (Lipinski definition) is 4. The smallest absolute Gasteiger partial charge is 0.267 e. The molecule has 1 fully saturated rings. The Kier molecular flexibility index (Phi) is 5.22. The molecular formula is C19H21N3O2. The van der Waals surface area contributed by atoms with E-state index in [4.69, 9.17) is 0 Å². The van der Waals surface area contributed by atoms with E-state index >= 15 is 0 Å². The Labute approximate surface area is 142 Å². The molecule has 0 unspecified atom stereocenters. The molecule has 24 heavy (non-hydrogen) atoms. The Hall–Kier alpha value is -2.84. The second-order valence-electron chi connectivity index (χ2n) is 5.58. The molecule has 1 aliphatic heterocycles. The van der Waals surface area contributed by atoms with Crippen molar-refractivity contribution in [1.82, 2.24) is 4.90 Å². The highest BCUT2D eigenvalue weighted by molar-refractivity contribution is 5.90. The van der Waals surface area contributed by atoms with Crippen molar-refractivity contribution in [1.29, 1.82) is 0 Å². The van der Waals surface area contributed by atoms with Gasteiger partial charge in [-0.1, -0.05) is 30.6 Å². The Balaban J connectivity index is 2.29. The Morgan fingerprint density at radius 3 is 2.88 bits per heavy atom. The van der Waals surface area contributed by atoms with Gasteiger partial charge >= 0.3 is 0 Å². The minimum absolute atomic E-state index is 0.313. The molecule has 0 saturated carbocycles. The molecule has 0 aliphatic carbocycles. The van der Waals surface area contributed by atoms with Crippen molar-refractivity contribution in [3.63, 3.8) is 0 Å². The number of hydrazone groups is 1. The van der Waals surface area contributed by atoms with Gasteiger partial charge in [-0.25, -0.2) is 5.01 Å². The molecular weight excluding hydrogens is 302 g/mol. The number of aliphatic hydroxyl groups is 1. The fourth-order valence-electron chi connectivity index (χ4n) is 2.46. The molecule has 124 valence electrons. The summed E-state index contributed by atoms with van der Waals surface area (Å²) in [6, 6.07) is 7.30. The van der Waals surface area contributed by atoms with Crippen molar-refractivity contribution in [2.45, 2.75) is 18.9 Å². The Morgan fingerprint density at radius 2 is 2.29 bits per heavy atom. The normalized spacial score (nSPS) is 20.0. The van der Waals surface area contributed by atoms with Crippen LogP contribution in [0.5, 0.6) is 0 Å². The molecule has 1 aliphatic rings. The van der Waals surface area contributed by atoms with Crippen molar-refractivity contribution in [2.75, 3.05) is 18.6 Å². The van der Waals surface area contributed by atoms with E-state index in [0.717, 1.165) is 5.69 Å². The first kappa shape index (κ1) is 17.5. The molecule has 1 heterocycles. The van der Waals surface area contributed by atoms with Crippen LogP contribution >= 0.6 is 0 Å². The van der Waals surface area contributed by atoms with E-state index in [0.29, 0.717) is 24.2 Å². The van der Waals surface area contributed by atoms with E-state index in [9.17, 15) is 9.90 Å². The van der Waals surface area contributed by atoms with Gasteiger partial charge in [0, 0.05) is 32.3 Å². The van der Waals surface area contributed by atoms with Gasteiger partial charge in [-0.2, -0.15) is 5.10 Å². The number of likely N-dealkylation sites (tertiary alicyclic amines) is 1. The zero-order valence-corrected chi connectivity index (χ0v) is 14.0. The zero-order valence-electron chi connectivity index (χ0n) is 14.0. The number of anilines is 1. The molecule has 1 amide bonds. The quantitative estimate of drug-likeness (QED) is 0.400. The lowest BCUT2D eigenvalue weighted by Gasteiger charge is -2.18. The number of carbonyl (C=O) groups is 1. The van der Waals surface area contributed by atoms with Gasteiger partial charge in [0.05, 0.1) is 11.4 Å². The van der Waals surface area contributed by atoms with E-state index in [1.165, 1.54) is 4.90 Å². The van der Waals surface area contributed by atoms with Crippen LogP contribution < -0.4 is 5.01 Å². The lowest BCUT2D eigenvalue weighted by molar-refractivity contribution is -0.137. The van der Waals surface area contributed by atoms with Crippen molar-refractivity contribution >= 4 is 18.3 Å². The predicted octanol–water partition coefficient (Wildman–Crippen LogP) is 2.14. The summed E-state index contributed by atoms with van der Waals surface area (Å²) in [6.45, 7) is 9.90. The first-order valence-corrected chi connectivity index (χ1v) is 7.61. The monoisotopic (exact) mass is 323 g/mol.